The van der Waals surface area contributed by atoms with Gasteiger partial charge in [-0.15, -0.1) is 0 Å². The number of rotatable bonds is 2. The quantitative estimate of drug-likeness (QED) is 0.387. The van der Waals surface area contributed by atoms with Gasteiger partial charge >= 0.3 is 0 Å². The Morgan fingerprint density at radius 2 is 1.70 bits per heavy atom. The number of nitrogens with two attached hydrogens (primary N) is 1. The zero-order chi connectivity index (χ0) is 18.4. The summed E-state index contributed by atoms with van der Waals surface area (Å²) in [5.41, 5.74) is 13.5. The smallest absolute Gasteiger partial charge is 0.144 e. The Balaban J connectivity index is 1.92. The highest BCUT2D eigenvalue weighted by atomic mass is 35.5. The van der Waals surface area contributed by atoms with Crippen molar-refractivity contribution in [1.82, 2.24) is 0 Å². The number of halogens is 1. The molecular weight excluding hydrogens is 354 g/mol. The second-order valence-electron chi connectivity index (χ2n) is 6.83. The van der Waals surface area contributed by atoms with Crippen molar-refractivity contribution in [2.75, 3.05) is 5.73 Å². The topological polar surface area (TPSA) is 39.2 Å². The average molecular weight is 372 g/mol. The first-order chi connectivity index (χ1) is 13.2. The number of hydrogen-bond acceptors (Lipinski definition) is 2. The molecule has 0 aliphatic heterocycles. The molecule has 0 amide bonds. The number of hydrogen-bond donors (Lipinski definition) is 1. The van der Waals surface area contributed by atoms with E-state index in [1.54, 1.807) is 0 Å². The monoisotopic (exact) mass is 371 g/mol. The number of furan rings is 1. The summed E-state index contributed by atoms with van der Waals surface area (Å²) in [6.45, 7) is 0. The van der Waals surface area contributed by atoms with Crippen LogP contribution >= 0.6 is 11.6 Å². The van der Waals surface area contributed by atoms with Crippen LogP contribution in [-0.4, -0.2) is 0 Å². The maximum absolute atomic E-state index is 6.52. The molecule has 1 aliphatic carbocycles. The van der Waals surface area contributed by atoms with Crippen molar-refractivity contribution in [3.05, 3.63) is 82.9 Å². The van der Waals surface area contributed by atoms with E-state index in [0.717, 1.165) is 51.9 Å². The van der Waals surface area contributed by atoms with Crippen molar-refractivity contribution in [2.24, 2.45) is 0 Å². The van der Waals surface area contributed by atoms with Crippen LogP contribution in [0.3, 0.4) is 0 Å². The second kappa shape index (κ2) is 6.33. The van der Waals surface area contributed by atoms with Crippen molar-refractivity contribution in [3.63, 3.8) is 0 Å². The van der Waals surface area contributed by atoms with E-state index in [-0.39, 0.29) is 0 Å². The lowest BCUT2D eigenvalue weighted by Crippen LogP contribution is -2.01. The Bertz CT molecular complexity index is 1200. The zero-order valence-electron chi connectivity index (χ0n) is 14.7. The molecule has 1 heterocycles. The highest BCUT2D eigenvalue weighted by molar-refractivity contribution is 6.33. The number of para-hydroxylation sites is 1. The molecule has 0 atom stereocenters. The molecule has 0 saturated heterocycles. The fraction of sp³-hybridized carbons (Fsp3) is 0.0833. The Kier molecular flexibility index (Phi) is 3.80. The maximum Gasteiger partial charge on any atom is 0.144 e. The number of benzene rings is 3. The molecule has 27 heavy (non-hydrogen) atoms. The molecule has 1 aromatic heterocycles. The minimum absolute atomic E-state index is 0.664. The second-order valence-corrected chi connectivity index (χ2v) is 7.23. The van der Waals surface area contributed by atoms with E-state index < -0.39 is 0 Å². The molecule has 2 nitrogen and oxygen atoms in total. The highest BCUT2D eigenvalue weighted by Crippen LogP contribution is 2.47. The zero-order valence-corrected chi connectivity index (χ0v) is 15.5. The van der Waals surface area contributed by atoms with Gasteiger partial charge in [0.05, 0.1) is 5.02 Å². The summed E-state index contributed by atoms with van der Waals surface area (Å²) in [5.74, 6) is 0.765. The van der Waals surface area contributed by atoms with Gasteiger partial charge in [0.1, 0.15) is 11.3 Å². The summed E-state index contributed by atoms with van der Waals surface area (Å²) in [5, 5.41) is 1.71. The van der Waals surface area contributed by atoms with Crippen LogP contribution in [-0.2, 0) is 6.42 Å². The van der Waals surface area contributed by atoms with Gasteiger partial charge in [-0.05, 0) is 48.2 Å². The Labute approximate surface area is 162 Å². The van der Waals surface area contributed by atoms with Crippen LogP contribution in [0.1, 0.15) is 17.5 Å². The Hall–Kier alpha value is -2.97. The molecule has 5 rings (SSSR count). The lowest BCUT2D eigenvalue weighted by Gasteiger charge is -2.18. The van der Waals surface area contributed by atoms with Gasteiger partial charge in [-0.2, -0.15) is 0 Å². The number of allylic oxidation sites excluding steroid dienone is 1. The van der Waals surface area contributed by atoms with Crippen LogP contribution < -0.4 is 5.73 Å². The van der Waals surface area contributed by atoms with Gasteiger partial charge in [0.25, 0.3) is 0 Å². The Morgan fingerprint density at radius 1 is 0.889 bits per heavy atom. The summed E-state index contributed by atoms with van der Waals surface area (Å²) in [6.07, 6.45) is 6.47. The minimum Gasteiger partial charge on any atom is -0.455 e. The van der Waals surface area contributed by atoms with Crippen LogP contribution in [0.25, 0.3) is 39.5 Å². The van der Waals surface area contributed by atoms with Gasteiger partial charge in [-0.25, -0.2) is 0 Å². The van der Waals surface area contributed by atoms with Gasteiger partial charge in [0.2, 0.25) is 0 Å². The summed E-state index contributed by atoms with van der Waals surface area (Å²) in [6, 6.07) is 20.0. The normalized spacial score (nSPS) is 13.1. The van der Waals surface area contributed by atoms with Crippen LogP contribution in [0, 0.1) is 0 Å². The van der Waals surface area contributed by atoms with Crippen LogP contribution in [0.15, 0.2) is 71.2 Å². The number of anilines is 1. The molecule has 0 unspecified atom stereocenters. The summed E-state index contributed by atoms with van der Waals surface area (Å²) in [4.78, 5) is 0. The van der Waals surface area contributed by atoms with Crippen LogP contribution in [0.4, 0.5) is 5.69 Å². The first-order valence-corrected chi connectivity index (χ1v) is 9.46. The lowest BCUT2D eigenvalue weighted by atomic mass is 9.87. The molecule has 2 N–H and O–H groups in total. The number of nitrogen functional groups attached to an aromatic ring is 1. The molecule has 0 saturated carbocycles. The minimum atomic E-state index is 0.664. The van der Waals surface area contributed by atoms with Crippen molar-refractivity contribution >= 4 is 34.3 Å². The Morgan fingerprint density at radius 3 is 2.59 bits per heavy atom. The van der Waals surface area contributed by atoms with E-state index in [9.17, 15) is 0 Å². The summed E-state index contributed by atoms with van der Waals surface area (Å²) < 4.78 is 6.30. The van der Waals surface area contributed by atoms with E-state index in [2.05, 4.69) is 24.3 Å². The van der Waals surface area contributed by atoms with E-state index in [0.29, 0.717) is 5.02 Å². The molecule has 4 aromatic rings. The summed E-state index contributed by atoms with van der Waals surface area (Å²) >= 11 is 6.52. The predicted molar refractivity (Wildman–Crippen MR) is 114 cm³/mol. The molecule has 1 aliphatic rings. The first-order valence-electron chi connectivity index (χ1n) is 9.09. The molecular formula is C24H18ClNO. The third-order valence-electron chi connectivity index (χ3n) is 5.20. The standard InChI is InChI=1S/C24H18ClNO/c25-19-11-5-3-9-17(19)24-23(18-10-4-6-12-21(18)27-24)22-16-8-2-1-7-15(16)13-14-20(22)26/h2-6,8-14H,1,7,26H2. The van der Waals surface area contributed by atoms with Crippen molar-refractivity contribution in [1.29, 1.82) is 0 Å². The van der Waals surface area contributed by atoms with Crippen molar-refractivity contribution in [2.45, 2.75) is 12.8 Å². The van der Waals surface area contributed by atoms with E-state index in [4.69, 9.17) is 21.8 Å². The maximum atomic E-state index is 6.52. The van der Waals surface area contributed by atoms with E-state index >= 15 is 0 Å². The van der Waals surface area contributed by atoms with Crippen molar-refractivity contribution in [3.8, 4) is 22.5 Å². The fourth-order valence-electron chi connectivity index (χ4n) is 3.94. The molecule has 0 fully saturated rings. The van der Waals surface area contributed by atoms with Gasteiger partial charge in [-0.3, -0.25) is 0 Å². The van der Waals surface area contributed by atoms with Crippen molar-refractivity contribution < 1.29 is 4.42 Å². The molecule has 132 valence electrons. The third-order valence-corrected chi connectivity index (χ3v) is 5.53. The number of fused-ring (bicyclic) bond motifs is 2. The fourth-order valence-corrected chi connectivity index (χ4v) is 4.16. The van der Waals surface area contributed by atoms with Gasteiger partial charge in [0.15, 0.2) is 0 Å². The largest absolute Gasteiger partial charge is 0.455 e. The van der Waals surface area contributed by atoms with Gasteiger partial charge in [-0.1, -0.05) is 60.2 Å². The third kappa shape index (κ3) is 2.56. The van der Waals surface area contributed by atoms with Gasteiger partial charge in [0, 0.05) is 27.8 Å². The van der Waals surface area contributed by atoms with Crippen LogP contribution in [0.5, 0.6) is 0 Å². The van der Waals surface area contributed by atoms with Crippen LogP contribution in [0.2, 0.25) is 5.02 Å². The molecule has 0 radical (unpaired) electrons. The lowest BCUT2D eigenvalue weighted by molar-refractivity contribution is 0.632. The number of aryl methyl sites for hydroxylation is 1. The predicted octanol–water partition coefficient (Wildman–Crippen LogP) is 6.96. The van der Waals surface area contributed by atoms with E-state index in [1.165, 1.54) is 11.1 Å². The van der Waals surface area contributed by atoms with E-state index in [1.807, 2.05) is 48.5 Å². The summed E-state index contributed by atoms with van der Waals surface area (Å²) in [7, 11) is 0. The molecule has 0 spiro atoms. The average Bonchev–Trinajstić information content (AvgIpc) is 3.07. The SMILES string of the molecule is Nc1ccc2c(c1-c1c(-c3ccccc3Cl)oc3ccccc13)C=CCC2. The van der Waals surface area contributed by atoms with Gasteiger partial charge < -0.3 is 10.2 Å². The molecule has 3 heteroatoms. The molecule has 0 bridgehead atoms. The molecule has 3 aromatic carbocycles. The highest BCUT2D eigenvalue weighted by Gasteiger charge is 2.24. The first kappa shape index (κ1) is 16.2.